The summed E-state index contributed by atoms with van der Waals surface area (Å²) in [7, 11) is 0. The fourth-order valence-electron chi connectivity index (χ4n) is 4.38. The molecule has 5 heteroatoms. The number of ketones is 1. The number of hydrogen-bond acceptors (Lipinski definition) is 4. The van der Waals surface area contributed by atoms with Crippen LogP contribution in [0.5, 0.6) is 0 Å². The normalized spacial score (nSPS) is 35.0. The van der Waals surface area contributed by atoms with Crippen molar-refractivity contribution in [3.63, 3.8) is 0 Å². The van der Waals surface area contributed by atoms with Crippen molar-refractivity contribution in [2.75, 3.05) is 39.3 Å². The first-order chi connectivity index (χ1) is 11.1. The smallest absolute Gasteiger partial charge is 0.166 e. The van der Waals surface area contributed by atoms with Gasteiger partial charge in [0.15, 0.2) is 6.30 Å². The molecule has 1 spiro atoms. The van der Waals surface area contributed by atoms with E-state index < -0.39 is 6.30 Å². The molecule has 0 radical (unpaired) electrons. The SMILES string of the molecule is C#CCN1CC(F)N(CCC2CCCC(=O)C2C)CC12CNC2. The van der Waals surface area contributed by atoms with Gasteiger partial charge >= 0.3 is 0 Å². The molecule has 0 bridgehead atoms. The van der Waals surface area contributed by atoms with Crippen molar-refractivity contribution in [2.45, 2.75) is 44.4 Å². The summed E-state index contributed by atoms with van der Waals surface area (Å²) >= 11 is 0. The topological polar surface area (TPSA) is 35.6 Å². The van der Waals surface area contributed by atoms with Gasteiger partial charge in [-0.05, 0) is 25.2 Å². The number of carbonyl (C=O) groups excluding carboxylic acids is 1. The van der Waals surface area contributed by atoms with E-state index in [1.165, 1.54) is 0 Å². The van der Waals surface area contributed by atoms with Gasteiger partial charge in [0.2, 0.25) is 0 Å². The van der Waals surface area contributed by atoms with E-state index in [9.17, 15) is 9.18 Å². The first-order valence-electron chi connectivity index (χ1n) is 8.86. The molecule has 0 aromatic rings. The number of alkyl halides is 1. The van der Waals surface area contributed by atoms with Gasteiger partial charge in [0.25, 0.3) is 0 Å². The highest BCUT2D eigenvalue weighted by Crippen LogP contribution is 2.32. The molecule has 3 aliphatic rings. The molecule has 128 valence electrons. The molecule has 3 unspecified atom stereocenters. The van der Waals surface area contributed by atoms with Crippen molar-refractivity contribution in [3.8, 4) is 12.3 Å². The van der Waals surface area contributed by atoms with Gasteiger partial charge in [-0.3, -0.25) is 14.6 Å². The average molecular weight is 321 g/mol. The van der Waals surface area contributed by atoms with Crippen LogP contribution in [0.15, 0.2) is 0 Å². The number of halogens is 1. The second-order valence-corrected chi connectivity index (χ2v) is 7.51. The van der Waals surface area contributed by atoms with Crippen molar-refractivity contribution < 1.29 is 9.18 Å². The van der Waals surface area contributed by atoms with E-state index in [-0.39, 0.29) is 11.5 Å². The van der Waals surface area contributed by atoms with Gasteiger partial charge in [-0.25, -0.2) is 4.39 Å². The zero-order chi connectivity index (χ0) is 16.4. The highest BCUT2D eigenvalue weighted by Gasteiger charge is 2.49. The Labute approximate surface area is 138 Å². The molecule has 2 saturated heterocycles. The Hall–Kier alpha value is -0.960. The van der Waals surface area contributed by atoms with Crippen LogP contribution in [0.1, 0.15) is 32.6 Å². The fourth-order valence-corrected chi connectivity index (χ4v) is 4.38. The molecule has 1 saturated carbocycles. The zero-order valence-corrected chi connectivity index (χ0v) is 14.1. The number of Topliss-reactive ketones (excluding diaryl/α,β-unsaturated/α-hetero) is 1. The van der Waals surface area contributed by atoms with E-state index in [1.54, 1.807) is 0 Å². The minimum atomic E-state index is -0.954. The molecule has 3 rings (SSSR count). The van der Waals surface area contributed by atoms with Crippen molar-refractivity contribution in [1.82, 2.24) is 15.1 Å². The number of hydrogen-bond donors (Lipinski definition) is 1. The van der Waals surface area contributed by atoms with Crippen LogP contribution >= 0.6 is 0 Å². The van der Waals surface area contributed by atoms with E-state index in [1.807, 2.05) is 11.8 Å². The highest BCUT2D eigenvalue weighted by atomic mass is 19.1. The zero-order valence-electron chi connectivity index (χ0n) is 14.1. The lowest BCUT2D eigenvalue weighted by Gasteiger charge is -2.56. The van der Waals surface area contributed by atoms with Crippen LogP contribution in [0.4, 0.5) is 4.39 Å². The molecule has 1 aliphatic carbocycles. The van der Waals surface area contributed by atoms with Crippen LogP contribution < -0.4 is 5.32 Å². The average Bonchev–Trinajstić information content (AvgIpc) is 2.49. The van der Waals surface area contributed by atoms with Crippen LogP contribution in [0.3, 0.4) is 0 Å². The van der Waals surface area contributed by atoms with E-state index in [0.29, 0.717) is 24.8 Å². The Kier molecular flexibility index (Phi) is 5.05. The van der Waals surface area contributed by atoms with Crippen molar-refractivity contribution in [2.24, 2.45) is 11.8 Å². The molecule has 0 aromatic carbocycles. The van der Waals surface area contributed by atoms with Crippen LogP contribution in [-0.2, 0) is 4.79 Å². The maximum atomic E-state index is 14.6. The second-order valence-electron chi connectivity index (χ2n) is 7.51. The first-order valence-corrected chi connectivity index (χ1v) is 8.86. The predicted octanol–water partition coefficient (Wildman–Crippen LogP) is 1.27. The molecule has 2 aliphatic heterocycles. The lowest BCUT2D eigenvalue weighted by molar-refractivity contribution is -0.126. The maximum absolute atomic E-state index is 14.6. The Balaban J connectivity index is 1.58. The molecule has 0 amide bonds. The minimum Gasteiger partial charge on any atom is -0.313 e. The summed E-state index contributed by atoms with van der Waals surface area (Å²) in [6.45, 7) is 6.20. The molecule has 2 heterocycles. The third-order valence-corrected chi connectivity index (χ3v) is 6.13. The fraction of sp³-hybridized carbons (Fsp3) is 0.833. The van der Waals surface area contributed by atoms with Crippen molar-refractivity contribution in [3.05, 3.63) is 0 Å². The third-order valence-electron chi connectivity index (χ3n) is 6.13. The van der Waals surface area contributed by atoms with E-state index in [4.69, 9.17) is 6.42 Å². The standard InChI is InChI=1S/C18H28FN3O/c1-3-8-22-10-17(19)21(13-18(22)11-20-12-18)9-7-15-5-4-6-16(23)14(15)2/h1,14-15,17,20H,4-13H2,2H3. The first kappa shape index (κ1) is 16.9. The van der Waals surface area contributed by atoms with Crippen molar-refractivity contribution in [1.29, 1.82) is 0 Å². The Morgan fingerprint density at radius 2 is 2.26 bits per heavy atom. The van der Waals surface area contributed by atoms with Gasteiger partial charge in [0.05, 0.1) is 12.1 Å². The summed E-state index contributed by atoms with van der Waals surface area (Å²) in [5, 5.41) is 3.31. The third kappa shape index (κ3) is 3.31. The van der Waals surface area contributed by atoms with Gasteiger partial charge in [-0.15, -0.1) is 6.42 Å². The van der Waals surface area contributed by atoms with Crippen LogP contribution in [-0.4, -0.2) is 66.7 Å². The van der Waals surface area contributed by atoms with Crippen LogP contribution in [0.2, 0.25) is 0 Å². The molecule has 23 heavy (non-hydrogen) atoms. The number of carbonyl (C=O) groups is 1. The molecule has 4 nitrogen and oxygen atoms in total. The molecular weight excluding hydrogens is 293 g/mol. The summed E-state index contributed by atoms with van der Waals surface area (Å²) in [4.78, 5) is 16.0. The quantitative estimate of drug-likeness (QED) is 0.625. The Bertz CT molecular complexity index is 485. The predicted molar refractivity (Wildman–Crippen MR) is 88.6 cm³/mol. The van der Waals surface area contributed by atoms with Crippen molar-refractivity contribution >= 4 is 5.78 Å². The van der Waals surface area contributed by atoms with Gasteiger partial charge in [0, 0.05) is 45.1 Å². The number of nitrogens with one attached hydrogen (secondary N) is 1. The molecule has 3 fully saturated rings. The summed E-state index contributed by atoms with van der Waals surface area (Å²) in [5.74, 6) is 3.61. The molecule has 1 N–H and O–H groups in total. The van der Waals surface area contributed by atoms with E-state index in [0.717, 1.165) is 51.9 Å². The van der Waals surface area contributed by atoms with Crippen LogP contribution in [0.25, 0.3) is 0 Å². The summed E-state index contributed by atoms with van der Waals surface area (Å²) < 4.78 is 14.6. The monoisotopic (exact) mass is 321 g/mol. The number of terminal acetylenes is 1. The number of rotatable bonds is 4. The lowest BCUT2D eigenvalue weighted by atomic mass is 9.77. The molecule has 3 atom stereocenters. The Morgan fingerprint density at radius 3 is 2.91 bits per heavy atom. The number of piperazine rings is 1. The van der Waals surface area contributed by atoms with E-state index >= 15 is 0 Å². The maximum Gasteiger partial charge on any atom is 0.166 e. The van der Waals surface area contributed by atoms with Gasteiger partial charge in [-0.2, -0.15) is 0 Å². The second kappa shape index (κ2) is 6.88. The van der Waals surface area contributed by atoms with Gasteiger partial charge < -0.3 is 5.32 Å². The minimum absolute atomic E-state index is 0.00294. The molecular formula is C18H28FN3O. The number of nitrogens with zero attached hydrogens (tertiary/aromatic N) is 2. The highest BCUT2D eigenvalue weighted by molar-refractivity contribution is 5.81. The van der Waals surface area contributed by atoms with Gasteiger partial charge in [-0.1, -0.05) is 12.8 Å². The lowest BCUT2D eigenvalue weighted by Crippen LogP contribution is -2.77. The summed E-state index contributed by atoms with van der Waals surface area (Å²) in [6.07, 6.45) is 8.24. The summed E-state index contributed by atoms with van der Waals surface area (Å²) in [5.41, 5.74) is 0.00294. The largest absolute Gasteiger partial charge is 0.313 e. The Morgan fingerprint density at radius 1 is 1.48 bits per heavy atom. The summed E-state index contributed by atoms with van der Waals surface area (Å²) in [6, 6.07) is 0. The van der Waals surface area contributed by atoms with Crippen LogP contribution in [0, 0.1) is 24.2 Å². The van der Waals surface area contributed by atoms with E-state index in [2.05, 4.69) is 16.1 Å². The molecule has 0 aromatic heterocycles. The van der Waals surface area contributed by atoms with Gasteiger partial charge in [0.1, 0.15) is 5.78 Å².